The minimum atomic E-state index is -4.41. The number of halogens is 4. The number of ketones is 1. The molecule has 0 atom stereocenters. The number of rotatable bonds is 8. The first-order valence-corrected chi connectivity index (χ1v) is 13.2. The van der Waals surface area contributed by atoms with Crippen LogP contribution in [0.3, 0.4) is 0 Å². The Bertz CT molecular complexity index is 1270. The van der Waals surface area contributed by atoms with Crippen LogP contribution in [0.4, 0.5) is 17.6 Å². The van der Waals surface area contributed by atoms with E-state index in [1.807, 2.05) is 12.1 Å². The van der Waals surface area contributed by atoms with Crippen molar-refractivity contribution in [1.82, 2.24) is 19.5 Å². The quantitative estimate of drug-likeness (QED) is 0.278. The van der Waals surface area contributed by atoms with Crippen molar-refractivity contribution in [2.24, 2.45) is 5.92 Å². The molecule has 6 nitrogen and oxygen atoms in total. The van der Waals surface area contributed by atoms with E-state index in [0.29, 0.717) is 63.6 Å². The zero-order valence-corrected chi connectivity index (χ0v) is 21.2. The van der Waals surface area contributed by atoms with Crippen LogP contribution in [0.5, 0.6) is 5.88 Å². The van der Waals surface area contributed by atoms with Crippen molar-refractivity contribution >= 4 is 11.3 Å². The second-order valence-electron chi connectivity index (χ2n) is 10.6. The normalized spacial score (nSPS) is 22.7. The molecule has 10 heteroatoms. The highest BCUT2D eigenvalue weighted by atomic mass is 19.4. The van der Waals surface area contributed by atoms with Crippen LogP contribution >= 0.6 is 0 Å². The van der Waals surface area contributed by atoms with Gasteiger partial charge in [-0.25, -0.2) is 13.9 Å². The summed E-state index contributed by atoms with van der Waals surface area (Å²) < 4.78 is 59.5. The van der Waals surface area contributed by atoms with E-state index >= 15 is 4.39 Å². The molecule has 1 aliphatic carbocycles. The second kappa shape index (κ2) is 11.0. The van der Waals surface area contributed by atoms with Gasteiger partial charge in [0.25, 0.3) is 0 Å². The summed E-state index contributed by atoms with van der Waals surface area (Å²) in [5.74, 6) is 0.251. The van der Waals surface area contributed by atoms with Gasteiger partial charge in [0.1, 0.15) is 5.67 Å². The molecule has 38 heavy (non-hydrogen) atoms. The summed E-state index contributed by atoms with van der Waals surface area (Å²) >= 11 is 0. The molecule has 1 saturated carbocycles. The lowest BCUT2D eigenvalue weighted by molar-refractivity contribution is -0.154. The summed E-state index contributed by atoms with van der Waals surface area (Å²) in [7, 11) is 0. The Morgan fingerprint density at radius 2 is 1.89 bits per heavy atom. The maximum absolute atomic E-state index is 15.7. The van der Waals surface area contributed by atoms with Gasteiger partial charge in [0.2, 0.25) is 5.88 Å². The van der Waals surface area contributed by atoms with E-state index in [2.05, 4.69) is 15.0 Å². The number of carbonyl (C=O) groups excluding carboxylic acids is 1. The summed E-state index contributed by atoms with van der Waals surface area (Å²) in [6.45, 7) is 0.691. The highest BCUT2D eigenvalue weighted by molar-refractivity contribution is 6.02. The lowest BCUT2D eigenvalue weighted by atomic mass is 9.76. The first-order valence-electron chi connectivity index (χ1n) is 13.2. The Kier molecular flexibility index (Phi) is 7.70. The molecule has 0 aromatic carbocycles. The summed E-state index contributed by atoms with van der Waals surface area (Å²) in [6, 6.07) is 8.76. The van der Waals surface area contributed by atoms with Gasteiger partial charge < -0.3 is 9.64 Å². The zero-order valence-electron chi connectivity index (χ0n) is 21.2. The van der Waals surface area contributed by atoms with Crippen LogP contribution in [0.25, 0.3) is 5.52 Å². The van der Waals surface area contributed by atoms with Crippen LogP contribution in [0, 0.1) is 5.92 Å². The molecule has 1 aliphatic heterocycles. The number of carbonyl (C=O) groups is 1. The number of hydrogen-bond acceptors (Lipinski definition) is 5. The summed E-state index contributed by atoms with van der Waals surface area (Å²) in [6.07, 6.45) is 3.54. The van der Waals surface area contributed by atoms with Gasteiger partial charge in [0.15, 0.2) is 12.4 Å². The number of pyridine rings is 1. The Labute approximate surface area is 219 Å². The minimum Gasteiger partial charge on any atom is -0.468 e. The molecule has 0 N–H and O–H groups in total. The number of Topliss-reactive ketones (excluding diaryl/α,β-unsaturated/α-hetero) is 1. The molecule has 2 aliphatic rings. The molecule has 4 heterocycles. The minimum absolute atomic E-state index is 0.0190. The highest BCUT2D eigenvalue weighted by Crippen LogP contribution is 2.39. The largest absolute Gasteiger partial charge is 0.468 e. The van der Waals surface area contributed by atoms with Gasteiger partial charge in [-0.3, -0.25) is 4.79 Å². The zero-order chi connectivity index (χ0) is 26.8. The molecule has 0 bridgehead atoms. The number of hydrogen-bond donors (Lipinski definition) is 0. The Balaban J connectivity index is 1.08. The third kappa shape index (κ3) is 6.51. The molecule has 204 valence electrons. The van der Waals surface area contributed by atoms with Crippen LogP contribution < -0.4 is 4.74 Å². The van der Waals surface area contributed by atoms with Crippen LogP contribution in [-0.2, 0) is 12.8 Å². The van der Waals surface area contributed by atoms with E-state index in [1.54, 1.807) is 29.0 Å². The maximum Gasteiger partial charge on any atom is 0.422 e. The molecule has 0 saturated heterocycles. The van der Waals surface area contributed by atoms with Crippen molar-refractivity contribution < 1.29 is 27.1 Å². The molecule has 3 aromatic heterocycles. The first-order chi connectivity index (χ1) is 18.2. The highest BCUT2D eigenvalue weighted by Gasteiger charge is 2.36. The monoisotopic (exact) mass is 532 g/mol. The smallest absolute Gasteiger partial charge is 0.422 e. The number of alkyl halides is 4. The van der Waals surface area contributed by atoms with Gasteiger partial charge in [-0.05, 0) is 68.2 Å². The van der Waals surface area contributed by atoms with E-state index in [0.717, 1.165) is 29.7 Å². The van der Waals surface area contributed by atoms with Gasteiger partial charge in [-0.1, -0.05) is 6.07 Å². The van der Waals surface area contributed by atoms with Crippen molar-refractivity contribution in [3.05, 3.63) is 59.5 Å². The van der Waals surface area contributed by atoms with Crippen LogP contribution in [0.2, 0.25) is 0 Å². The maximum atomic E-state index is 15.7. The lowest BCUT2D eigenvalue weighted by Gasteiger charge is -2.35. The number of aromatic nitrogens is 3. The summed E-state index contributed by atoms with van der Waals surface area (Å²) in [5, 5.41) is 4.21. The van der Waals surface area contributed by atoms with E-state index in [1.165, 1.54) is 6.07 Å². The molecule has 0 radical (unpaired) electrons. The third-order valence-electron chi connectivity index (χ3n) is 7.88. The topological polar surface area (TPSA) is 59.7 Å². The van der Waals surface area contributed by atoms with Crippen molar-refractivity contribution in [2.75, 3.05) is 26.2 Å². The summed E-state index contributed by atoms with van der Waals surface area (Å²) in [5.41, 5.74) is 1.99. The molecule has 0 spiro atoms. The van der Waals surface area contributed by atoms with Crippen molar-refractivity contribution in [2.45, 2.75) is 63.2 Å². The lowest BCUT2D eigenvalue weighted by Crippen LogP contribution is -2.36. The van der Waals surface area contributed by atoms with E-state index in [4.69, 9.17) is 4.74 Å². The van der Waals surface area contributed by atoms with Gasteiger partial charge >= 0.3 is 6.18 Å². The Hall–Kier alpha value is -3.01. The third-order valence-corrected chi connectivity index (χ3v) is 7.88. The standard InChI is InChI=1S/C28H32F4N4O2/c29-27(10-5-20(6-11-27)18-25(37)22-8-16-36-24(22)2-1-13-33-36)12-17-35-14-7-21-3-4-26(34-23(21)9-15-35)38-19-28(30,31)32/h1-4,8,13,16,20H,5-7,9-12,14-15,17-19H2. The van der Waals surface area contributed by atoms with Crippen molar-refractivity contribution in [3.63, 3.8) is 0 Å². The second-order valence-corrected chi connectivity index (χ2v) is 10.6. The molecule has 0 unspecified atom stereocenters. The Morgan fingerprint density at radius 1 is 1.11 bits per heavy atom. The molecule has 3 aromatic rings. The van der Waals surface area contributed by atoms with Crippen molar-refractivity contribution in [1.29, 1.82) is 0 Å². The van der Waals surface area contributed by atoms with E-state index in [-0.39, 0.29) is 17.6 Å². The number of nitrogens with zero attached hydrogens (tertiary/aromatic N) is 4. The average molecular weight is 533 g/mol. The molecular formula is C28H32F4N4O2. The molecular weight excluding hydrogens is 500 g/mol. The predicted molar refractivity (Wildman–Crippen MR) is 134 cm³/mol. The predicted octanol–water partition coefficient (Wildman–Crippen LogP) is 5.63. The Morgan fingerprint density at radius 3 is 2.68 bits per heavy atom. The fourth-order valence-electron chi connectivity index (χ4n) is 5.63. The molecule has 5 rings (SSSR count). The fourth-order valence-corrected chi connectivity index (χ4v) is 5.63. The number of fused-ring (bicyclic) bond motifs is 2. The van der Waals surface area contributed by atoms with Gasteiger partial charge in [-0.2, -0.15) is 18.3 Å². The van der Waals surface area contributed by atoms with Crippen molar-refractivity contribution in [3.8, 4) is 5.88 Å². The van der Waals surface area contributed by atoms with Crippen LogP contribution in [0.15, 0.2) is 42.7 Å². The first kappa shape index (κ1) is 26.6. The van der Waals surface area contributed by atoms with Crippen LogP contribution in [-0.4, -0.2) is 63.4 Å². The summed E-state index contributed by atoms with van der Waals surface area (Å²) in [4.78, 5) is 19.4. The van der Waals surface area contributed by atoms with Gasteiger partial charge in [0.05, 0.1) is 5.52 Å². The van der Waals surface area contributed by atoms with E-state index in [9.17, 15) is 18.0 Å². The number of ether oxygens (including phenoxy) is 1. The van der Waals surface area contributed by atoms with Gasteiger partial charge in [-0.15, -0.1) is 0 Å². The fraction of sp³-hybridized carbons (Fsp3) is 0.536. The van der Waals surface area contributed by atoms with Crippen LogP contribution in [0.1, 0.15) is 60.1 Å². The average Bonchev–Trinajstić information content (AvgIpc) is 3.22. The van der Waals surface area contributed by atoms with E-state index < -0.39 is 18.5 Å². The van der Waals surface area contributed by atoms with Gasteiger partial charge in [0, 0.05) is 62.2 Å². The molecule has 1 fully saturated rings. The SMILES string of the molecule is O=C(CC1CCC(F)(CCN2CCc3ccc(OCC(F)(F)F)nc3CC2)CC1)c1ccn2ncccc12. The molecule has 0 amide bonds.